The summed E-state index contributed by atoms with van der Waals surface area (Å²) in [5, 5.41) is 3.47. The molecule has 0 bridgehead atoms. The van der Waals surface area contributed by atoms with Crippen LogP contribution in [0.3, 0.4) is 0 Å². The molecule has 2 rings (SSSR count). The topological polar surface area (TPSA) is 49.4 Å². The van der Waals surface area contributed by atoms with Crippen molar-refractivity contribution >= 4 is 11.8 Å². The molecule has 1 N–H and O–H groups in total. The number of rotatable bonds is 8. The van der Waals surface area contributed by atoms with Crippen LogP contribution in [0.5, 0.6) is 0 Å². The maximum atomic E-state index is 12.3. The standard InChI is InChI=1S/C17H30N2O2/c1-4-8-18-13(3)7-5-6-9-19-16(20)14-10-12(2)11-15(14)17(19)21/h12-15,18H,4-11H2,1-3H3. The molecule has 0 aromatic carbocycles. The minimum atomic E-state index is -0.00218. The molecular weight excluding hydrogens is 264 g/mol. The van der Waals surface area contributed by atoms with Gasteiger partial charge in [-0.1, -0.05) is 20.3 Å². The summed E-state index contributed by atoms with van der Waals surface area (Å²) < 4.78 is 0. The highest BCUT2D eigenvalue weighted by Gasteiger charge is 2.51. The van der Waals surface area contributed by atoms with Crippen molar-refractivity contribution in [1.82, 2.24) is 10.2 Å². The van der Waals surface area contributed by atoms with Crippen LogP contribution in [-0.4, -0.2) is 35.8 Å². The summed E-state index contributed by atoms with van der Waals surface area (Å²) >= 11 is 0. The Hall–Kier alpha value is -0.900. The van der Waals surface area contributed by atoms with Crippen LogP contribution in [0.25, 0.3) is 0 Å². The summed E-state index contributed by atoms with van der Waals surface area (Å²) in [6.45, 7) is 8.20. The van der Waals surface area contributed by atoms with Gasteiger partial charge in [0.25, 0.3) is 0 Å². The number of fused-ring (bicyclic) bond motifs is 1. The molecule has 3 unspecified atom stereocenters. The third-order valence-corrected chi connectivity index (χ3v) is 4.98. The van der Waals surface area contributed by atoms with Gasteiger partial charge in [-0.2, -0.15) is 0 Å². The molecule has 4 heteroatoms. The lowest BCUT2D eigenvalue weighted by Gasteiger charge is -2.18. The molecule has 2 fully saturated rings. The van der Waals surface area contributed by atoms with Crippen molar-refractivity contribution < 1.29 is 9.59 Å². The smallest absolute Gasteiger partial charge is 0.233 e. The van der Waals surface area contributed by atoms with Crippen LogP contribution in [-0.2, 0) is 9.59 Å². The van der Waals surface area contributed by atoms with E-state index in [9.17, 15) is 9.59 Å². The highest BCUT2D eigenvalue weighted by Crippen LogP contribution is 2.42. The van der Waals surface area contributed by atoms with Crippen LogP contribution in [0.4, 0.5) is 0 Å². The first-order chi connectivity index (χ1) is 10.0. The SMILES string of the molecule is CCCNC(C)CCCCN1C(=O)C2CC(C)CC2C1=O. The Labute approximate surface area is 128 Å². The second-order valence-electron chi connectivity index (χ2n) is 6.97. The third-order valence-electron chi connectivity index (χ3n) is 4.98. The van der Waals surface area contributed by atoms with Crippen molar-refractivity contribution in [2.75, 3.05) is 13.1 Å². The maximum Gasteiger partial charge on any atom is 0.233 e. The average molecular weight is 294 g/mol. The number of nitrogens with zero attached hydrogens (tertiary/aromatic N) is 1. The largest absolute Gasteiger partial charge is 0.314 e. The number of likely N-dealkylation sites (tertiary alicyclic amines) is 1. The second kappa shape index (κ2) is 7.39. The van der Waals surface area contributed by atoms with Crippen molar-refractivity contribution in [3.8, 4) is 0 Å². The van der Waals surface area contributed by atoms with E-state index in [0.29, 0.717) is 18.5 Å². The fourth-order valence-corrected chi connectivity index (χ4v) is 3.78. The van der Waals surface area contributed by atoms with Gasteiger partial charge in [-0.25, -0.2) is 0 Å². The van der Waals surface area contributed by atoms with E-state index in [0.717, 1.165) is 45.1 Å². The summed E-state index contributed by atoms with van der Waals surface area (Å²) in [6.07, 6.45) is 6.08. The summed E-state index contributed by atoms with van der Waals surface area (Å²) in [5.74, 6) is 0.730. The first-order valence-corrected chi connectivity index (χ1v) is 8.63. The Morgan fingerprint density at radius 3 is 2.38 bits per heavy atom. The summed E-state index contributed by atoms with van der Waals surface area (Å²) in [4.78, 5) is 26.2. The molecule has 0 aromatic heterocycles. The number of amides is 2. The lowest BCUT2D eigenvalue weighted by atomic mass is 10.00. The van der Waals surface area contributed by atoms with Gasteiger partial charge in [-0.05, 0) is 51.5 Å². The summed E-state index contributed by atoms with van der Waals surface area (Å²) in [6, 6.07) is 0.523. The monoisotopic (exact) mass is 294 g/mol. The maximum absolute atomic E-state index is 12.3. The van der Waals surface area contributed by atoms with Crippen molar-refractivity contribution in [3.05, 3.63) is 0 Å². The van der Waals surface area contributed by atoms with E-state index in [4.69, 9.17) is 0 Å². The molecule has 1 aliphatic heterocycles. The van der Waals surface area contributed by atoms with Crippen molar-refractivity contribution in [2.45, 2.75) is 65.3 Å². The Morgan fingerprint density at radius 1 is 1.19 bits per heavy atom. The van der Waals surface area contributed by atoms with Crippen LogP contribution in [0, 0.1) is 17.8 Å². The number of imide groups is 1. The quantitative estimate of drug-likeness (QED) is 0.553. The number of nitrogens with one attached hydrogen (secondary N) is 1. The Bertz CT molecular complexity index is 359. The van der Waals surface area contributed by atoms with Crippen LogP contribution in [0.1, 0.15) is 59.3 Å². The first-order valence-electron chi connectivity index (χ1n) is 8.63. The highest BCUT2D eigenvalue weighted by molar-refractivity contribution is 6.05. The molecule has 1 saturated heterocycles. The van der Waals surface area contributed by atoms with Gasteiger partial charge in [0.1, 0.15) is 0 Å². The minimum absolute atomic E-state index is 0.00218. The van der Waals surface area contributed by atoms with E-state index in [2.05, 4.69) is 26.1 Å². The van der Waals surface area contributed by atoms with Crippen LogP contribution in [0.15, 0.2) is 0 Å². The van der Waals surface area contributed by atoms with E-state index in [1.165, 1.54) is 0 Å². The fourth-order valence-electron chi connectivity index (χ4n) is 3.78. The highest BCUT2D eigenvalue weighted by atomic mass is 16.2. The zero-order valence-electron chi connectivity index (χ0n) is 13.7. The zero-order valence-corrected chi connectivity index (χ0v) is 13.7. The molecule has 1 aliphatic carbocycles. The number of carbonyl (C=O) groups excluding carboxylic acids is 2. The zero-order chi connectivity index (χ0) is 15.4. The van der Waals surface area contributed by atoms with Gasteiger partial charge in [0.05, 0.1) is 11.8 Å². The molecule has 0 aromatic rings. The molecule has 21 heavy (non-hydrogen) atoms. The van der Waals surface area contributed by atoms with E-state index < -0.39 is 0 Å². The fraction of sp³-hybridized carbons (Fsp3) is 0.882. The van der Waals surface area contributed by atoms with Crippen molar-refractivity contribution in [3.63, 3.8) is 0 Å². The lowest BCUT2D eigenvalue weighted by molar-refractivity contribution is -0.140. The van der Waals surface area contributed by atoms with E-state index in [1.807, 2.05) is 0 Å². The number of hydrogen-bond acceptors (Lipinski definition) is 3. The Kier molecular flexibility index (Phi) is 5.80. The lowest BCUT2D eigenvalue weighted by Crippen LogP contribution is -2.33. The molecule has 0 radical (unpaired) electrons. The van der Waals surface area contributed by atoms with Crippen molar-refractivity contribution in [1.29, 1.82) is 0 Å². The molecule has 3 atom stereocenters. The predicted octanol–water partition coefficient (Wildman–Crippen LogP) is 2.58. The minimum Gasteiger partial charge on any atom is -0.314 e. The van der Waals surface area contributed by atoms with Crippen molar-refractivity contribution in [2.24, 2.45) is 17.8 Å². The molecule has 2 amide bonds. The van der Waals surface area contributed by atoms with Crippen LogP contribution in [0.2, 0.25) is 0 Å². The average Bonchev–Trinajstić information content (AvgIpc) is 2.93. The van der Waals surface area contributed by atoms with Gasteiger partial charge in [0.2, 0.25) is 11.8 Å². The van der Waals surface area contributed by atoms with Gasteiger partial charge >= 0.3 is 0 Å². The van der Waals surface area contributed by atoms with Crippen LogP contribution >= 0.6 is 0 Å². The first kappa shape index (κ1) is 16.5. The van der Waals surface area contributed by atoms with Gasteiger partial charge in [-0.3, -0.25) is 14.5 Å². The van der Waals surface area contributed by atoms with E-state index >= 15 is 0 Å². The number of carbonyl (C=O) groups is 2. The van der Waals surface area contributed by atoms with Gasteiger partial charge in [0, 0.05) is 12.6 Å². The number of hydrogen-bond donors (Lipinski definition) is 1. The molecular formula is C17H30N2O2. The molecule has 120 valence electrons. The molecule has 1 heterocycles. The van der Waals surface area contributed by atoms with E-state index in [-0.39, 0.29) is 23.7 Å². The Morgan fingerprint density at radius 2 is 1.81 bits per heavy atom. The molecule has 2 aliphatic rings. The predicted molar refractivity (Wildman–Crippen MR) is 83.7 cm³/mol. The third kappa shape index (κ3) is 3.85. The normalized spacial score (nSPS) is 30.0. The summed E-state index contributed by atoms with van der Waals surface area (Å²) in [7, 11) is 0. The molecule has 0 spiro atoms. The van der Waals surface area contributed by atoms with Crippen LogP contribution < -0.4 is 5.32 Å². The number of unbranched alkanes of at least 4 members (excludes halogenated alkanes) is 1. The second-order valence-corrected chi connectivity index (χ2v) is 6.97. The Balaban J connectivity index is 1.70. The van der Waals surface area contributed by atoms with Gasteiger partial charge in [0.15, 0.2) is 0 Å². The van der Waals surface area contributed by atoms with Gasteiger partial charge in [-0.15, -0.1) is 0 Å². The summed E-state index contributed by atoms with van der Waals surface area (Å²) in [5.41, 5.74) is 0. The molecule has 1 saturated carbocycles. The van der Waals surface area contributed by atoms with E-state index in [1.54, 1.807) is 4.90 Å². The van der Waals surface area contributed by atoms with Gasteiger partial charge < -0.3 is 5.32 Å². The molecule has 4 nitrogen and oxygen atoms in total.